The first-order valence-corrected chi connectivity index (χ1v) is 6.32. The van der Waals surface area contributed by atoms with Crippen molar-refractivity contribution >= 4 is 15.9 Å². The summed E-state index contributed by atoms with van der Waals surface area (Å²) < 4.78 is 13.6. The smallest absolute Gasteiger partial charge is 0.134 e. The lowest BCUT2D eigenvalue weighted by Crippen LogP contribution is -2.19. The second kappa shape index (κ2) is 4.72. The van der Waals surface area contributed by atoms with Gasteiger partial charge in [0, 0.05) is 11.6 Å². The van der Waals surface area contributed by atoms with Crippen LogP contribution in [0.25, 0.3) is 0 Å². The number of phenols is 1. The monoisotopic (exact) mass is 287 g/mol. The van der Waals surface area contributed by atoms with Crippen LogP contribution in [0.2, 0.25) is 0 Å². The highest BCUT2D eigenvalue weighted by molar-refractivity contribution is 9.10. The molecule has 0 spiro atoms. The molecule has 3 N–H and O–H groups in total. The number of hydrogen-bond donors (Lipinski definition) is 2. The summed E-state index contributed by atoms with van der Waals surface area (Å²) in [6.07, 6.45) is 4.48. The van der Waals surface area contributed by atoms with E-state index in [0.717, 1.165) is 12.8 Å². The van der Waals surface area contributed by atoms with E-state index < -0.39 is 0 Å². The van der Waals surface area contributed by atoms with Gasteiger partial charge in [-0.15, -0.1) is 0 Å². The zero-order chi connectivity index (χ0) is 11.7. The van der Waals surface area contributed by atoms with Gasteiger partial charge in [0.15, 0.2) is 0 Å². The lowest BCUT2D eigenvalue weighted by atomic mass is 9.92. The summed E-state index contributed by atoms with van der Waals surface area (Å²) in [6.45, 7) is 0. The molecule has 2 nitrogen and oxygen atoms in total. The van der Waals surface area contributed by atoms with E-state index in [1.165, 1.54) is 25.0 Å². The van der Waals surface area contributed by atoms with Gasteiger partial charge in [-0.2, -0.15) is 0 Å². The van der Waals surface area contributed by atoms with Crippen LogP contribution in [0.4, 0.5) is 4.39 Å². The highest BCUT2D eigenvalue weighted by Crippen LogP contribution is 2.40. The Morgan fingerprint density at radius 2 is 2.00 bits per heavy atom. The number of nitrogens with two attached hydrogens (primary N) is 1. The Kier molecular flexibility index (Phi) is 3.50. The van der Waals surface area contributed by atoms with Crippen LogP contribution in [0.3, 0.4) is 0 Å². The summed E-state index contributed by atoms with van der Waals surface area (Å²) in [4.78, 5) is 0. The molecule has 1 aliphatic rings. The van der Waals surface area contributed by atoms with Gasteiger partial charge >= 0.3 is 0 Å². The fourth-order valence-electron chi connectivity index (χ4n) is 2.41. The van der Waals surface area contributed by atoms with E-state index in [-0.39, 0.29) is 17.6 Å². The molecule has 88 valence electrons. The van der Waals surface area contributed by atoms with E-state index in [1.54, 1.807) is 0 Å². The molecule has 0 aliphatic heterocycles. The Morgan fingerprint density at radius 3 is 2.62 bits per heavy atom. The highest BCUT2D eigenvalue weighted by Gasteiger charge is 2.26. The van der Waals surface area contributed by atoms with Crippen molar-refractivity contribution in [2.45, 2.75) is 31.7 Å². The van der Waals surface area contributed by atoms with Gasteiger partial charge in [-0.1, -0.05) is 12.8 Å². The average Bonchev–Trinajstić information content (AvgIpc) is 2.75. The summed E-state index contributed by atoms with van der Waals surface area (Å²) in [5.74, 6) is 0.0634. The fourth-order valence-corrected chi connectivity index (χ4v) is 2.86. The number of hydrogen-bond acceptors (Lipinski definition) is 2. The van der Waals surface area contributed by atoms with E-state index in [2.05, 4.69) is 15.9 Å². The molecule has 1 atom stereocenters. The summed E-state index contributed by atoms with van der Waals surface area (Å²) >= 11 is 3.13. The molecule has 2 rings (SSSR count). The first kappa shape index (κ1) is 11.9. The van der Waals surface area contributed by atoms with Gasteiger partial charge in [-0.25, -0.2) is 4.39 Å². The lowest BCUT2D eigenvalue weighted by molar-refractivity contribution is 0.408. The van der Waals surface area contributed by atoms with Crippen molar-refractivity contribution < 1.29 is 9.50 Å². The number of benzene rings is 1. The van der Waals surface area contributed by atoms with Gasteiger partial charge in [-0.05, 0) is 46.8 Å². The minimum Gasteiger partial charge on any atom is -0.506 e. The maximum absolute atomic E-state index is 13.3. The SMILES string of the molecule is N[C@H](c1cc(F)cc(Br)c1O)C1CCCC1. The Hall–Kier alpha value is -0.610. The maximum Gasteiger partial charge on any atom is 0.134 e. The molecule has 0 radical (unpaired) electrons. The number of aromatic hydroxyl groups is 1. The number of phenolic OH excluding ortho intramolecular Hbond substituents is 1. The van der Waals surface area contributed by atoms with Crippen LogP contribution in [-0.2, 0) is 0 Å². The molecule has 4 heteroatoms. The van der Waals surface area contributed by atoms with Crippen molar-refractivity contribution in [2.24, 2.45) is 11.7 Å². The molecule has 1 saturated carbocycles. The van der Waals surface area contributed by atoms with Gasteiger partial charge in [0.05, 0.1) is 4.47 Å². The second-order valence-corrected chi connectivity index (χ2v) is 5.25. The first-order chi connectivity index (χ1) is 7.59. The van der Waals surface area contributed by atoms with E-state index in [1.807, 2.05) is 0 Å². The molecule has 0 saturated heterocycles. The molecule has 0 amide bonds. The molecule has 0 bridgehead atoms. The Morgan fingerprint density at radius 1 is 1.38 bits per heavy atom. The molecule has 1 fully saturated rings. The zero-order valence-corrected chi connectivity index (χ0v) is 10.5. The molecule has 1 aromatic carbocycles. The van der Waals surface area contributed by atoms with Crippen molar-refractivity contribution in [3.63, 3.8) is 0 Å². The van der Waals surface area contributed by atoms with Crippen LogP contribution in [0.5, 0.6) is 5.75 Å². The van der Waals surface area contributed by atoms with Crippen molar-refractivity contribution in [1.82, 2.24) is 0 Å². The Labute approximate surface area is 103 Å². The number of halogens is 2. The van der Waals surface area contributed by atoms with Crippen molar-refractivity contribution in [1.29, 1.82) is 0 Å². The van der Waals surface area contributed by atoms with E-state index >= 15 is 0 Å². The molecular formula is C12H15BrFNO. The molecule has 1 aromatic rings. The molecule has 0 heterocycles. The largest absolute Gasteiger partial charge is 0.506 e. The van der Waals surface area contributed by atoms with Crippen LogP contribution in [0, 0.1) is 11.7 Å². The van der Waals surface area contributed by atoms with Crippen molar-refractivity contribution in [3.05, 3.63) is 28.0 Å². The van der Waals surface area contributed by atoms with Gasteiger partial charge < -0.3 is 10.8 Å². The summed E-state index contributed by atoms with van der Waals surface area (Å²) in [7, 11) is 0. The lowest BCUT2D eigenvalue weighted by Gasteiger charge is -2.20. The Balaban J connectivity index is 2.31. The predicted molar refractivity (Wildman–Crippen MR) is 64.7 cm³/mol. The van der Waals surface area contributed by atoms with Crippen molar-refractivity contribution in [3.8, 4) is 5.75 Å². The summed E-state index contributed by atoms with van der Waals surface area (Å²) in [5.41, 5.74) is 6.60. The normalized spacial score (nSPS) is 18.9. The third-order valence-corrected chi connectivity index (χ3v) is 3.93. The van der Waals surface area contributed by atoms with E-state index in [4.69, 9.17) is 5.73 Å². The van der Waals surface area contributed by atoms with Crippen LogP contribution in [-0.4, -0.2) is 5.11 Å². The van der Waals surface area contributed by atoms with Gasteiger partial charge in [0.25, 0.3) is 0 Å². The quantitative estimate of drug-likeness (QED) is 0.875. The summed E-state index contributed by atoms with van der Waals surface area (Å²) in [5, 5.41) is 9.86. The van der Waals surface area contributed by atoms with E-state index in [0.29, 0.717) is 16.0 Å². The topological polar surface area (TPSA) is 46.2 Å². The van der Waals surface area contributed by atoms with Gasteiger partial charge in [0.1, 0.15) is 11.6 Å². The van der Waals surface area contributed by atoms with Crippen molar-refractivity contribution in [2.75, 3.05) is 0 Å². The molecule has 0 unspecified atom stereocenters. The van der Waals surface area contributed by atoms with E-state index in [9.17, 15) is 9.50 Å². The molecule has 1 aliphatic carbocycles. The second-order valence-electron chi connectivity index (χ2n) is 4.40. The van der Waals surface area contributed by atoms with Crippen LogP contribution in [0.1, 0.15) is 37.3 Å². The summed E-state index contributed by atoms with van der Waals surface area (Å²) in [6, 6.07) is 2.32. The average molecular weight is 288 g/mol. The Bertz CT molecular complexity index is 391. The molecule has 0 aromatic heterocycles. The fraction of sp³-hybridized carbons (Fsp3) is 0.500. The standard InChI is InChI=1S/C12H15BrFNO/c13-10-6-8(14)5-9(12(10)16)11(15)7-3-1-2-4-7/h5-7,11,16H,1-4,15H2/t11-/m0/s1. The highest BCUT2D eigenvalue weighted by atomic mass is 79.9. The predicted octanol–water partition coefficient (Wildman–Crippen LogP) is 3.48. The van der Waals surface area contributed by atoms with Crippen LogP contribution >= 0.6 is 15.9 Å². The van der Waals surface area contributed by atoms with Gasteiger partial charge in [0.2, 0.25) is 0 Å². The molecule has 16 heavy (non-hydrogen) atoms. The minimum absolute atomic E-state index is 0.0702. The molecular weight excluding hydrogens is 273 g/mol. The van der Waals surface area contributed by atoms with Crippen LogP contribution in [0.15, 0.2) is 16.6 Å². The zero-order valence-electron chi connectivity index (χ0n) is 8.92. The third kappa shape index (κ3) is 2.23. The third-order valence-electron chi connectivity index (χ3n) is 3.32. The minimum atomic E-state index is -0.367. The first-order valence-electron chi connectivity index (χ1n) is 5.53. The van der Waals surface area contributed by atoms with Crippen LogP contribution < -0.4 is 5.73 Å². The number of rotatable bonds is 2. The maximum atomic E-state index is 13.3. The van der Waals surface area contributed by atoms with Gasteiger partial charge in [-0.3, -0.25) is 0 Å².